The predicted molar refractivity (Wildman–Crippen MR) is 122 cm³/mol. The minimum absolute atomic E-state index is 0.176. The van der Waals surface area contributed by atoms with Crippen molar-refractivity contribution in [3.8, 4) is 0 Å². The Morgan fingerprint density at radius 2 is 1.50 bits per heavy atom. The summed E-state index contributed by atoms with van der Waals surface area (Å²) in [6.07, 6.45) is 0.964. The van der Waals surface area contributed by atoms with Crippen LogP contribution in [0, 0.1) is 5.92 Å². The maximum atomic E-state index is 13.1. The van der Waals surface area contributed by atoms with Gasteiger partial charge in [0.15, 0.2) is 0 Å². The van der Waals surface area contributed by atoms with Crippen molar-refractivity contribution in [3.05, 3.63) is 83.4 Å². The molecule has 6 nitrogen and oxygen atoms in total. The molecule has 0 fully saturated rings. The monoisotopic (exact) mass is 440 g/mol. The Labute approximate surface area is 190 Å². The van der Waals surface area contributed by atoms with E-state index in [1.807, 2.05) is 43.3 Å². The molecule has 0 spiro atoms. The van der Waals surface area contributed by atoms with Crippen LogP contribution in [0.4, 0.5) is 0 Å². The Balaban J connectivity index is 2.19. The van der Waals surface area contributed by atoms with Crippen LogP contribution in [-0.4, -0.2) is 32.4 Å². The summed E-state index contributed by atoms with van der Waals surface area (Å²) in [5.41, 5.74) is 2.49. The first-order valence-corrected chi connectivity index (χ1v) is 10.6. The lowest BCUT2D eigenvalue weighted by Crippen LogP contribution is -2.23. The van der Waals surface area contributed by atoms with Gasteiger partial charge in [0.05, 0.1) is 6.61 Å². The summed E-state index contributed by atoms with van der Waals surface area (Å²) in [7, 11) is 1.59. The maximum absolute atomic E-state index is 13.1. The van der Waals surface area contributed by atoms with Crippen molar-refractivity contribution < 1.29 is 28.5 Å². The Bertz CT molecular complexity index is 862. The van der Waals surface area contributed by atoms with Crippen LogP contribution in [0.1, 0.15) is 50.5 Å². The highest BCUT2D eigenvalue weighted by atomic mass is 16.7. The summed E-state index contributed by atoms with van der Waals surface area (Å²) >= 11 is 0. The molecule has 32 heavy (non-hydrogen) atoms. The molecule has 3 atom stereocenters. The van der Waals surface area contributed by atoms with E-state index in [2.05, 4.69) is 13.0 Å². The van der Waals surface area contributed by atoms with Crippen molar-refractivity contribution in [2.45, 2.75) is 39.4 Å². The van der Waals surface area contributed by atoms with Crippen molar-refractivity contribution >= 4 is 11.9 Å². The predicted octanol–water partition coefficient (Wildman–Crippen LogP) is 5.17. The van der Waals surface area contributed by atoms with E-state index in [1.54, 1.807) is 31.4 Å². The topological polar surface area (TPSA) is 71.1 Å². The molecule has 0 radical (unpaired) electrons. The van der Waals surface area contributed by atoms with Crippen LogP contribution < -0.4 is 0 Å². The molecule has 0 aromatic heterocycles. The van der Waals surface area contributed by atoms with E-state index in [1.165, 1.54) is 6.92 Å². The van der Waals surface area contributed by atoms with Gasteiger partial charge in [0.1, 0.15) is 12.9 Å². The molecule has 2 aromatic carbocycles. The molecule has 172 valence electrons. The zero-order valence-electron chi connectivity index (χ0n) is 19.2. The fourth-order valence-corrected chi connectivity index (χ4v) is 3.35. The molecule has 0 heterocycles. The quantitative estimate of drug-likeness (QED) is 0.196. The molecular formula is C26H32O6. The van der Waals surface area contributed by atoms with E-state index >= 15 is 0 Å². The smallest absolute Gasteiger partial charge is 0.352 e. The second kappa shape index (κ2) is 13.5. The summed E-state index contributed by atoms with van der Waals surface area (Å²) in [6, 6.07) is 18.4. The van der Waals surface area contributed by atoms with Gasteiger partial charge in [-0.15, -0.1) is 0 Å². The average Bonchev–Trinajstić information content (AvgIpc) is 2.78. The molecule has 6 heteroatoms. The van der Waals surface area contributed by atoms with Gasteiger partial charge < -0.3 is 18.9 Å². The van der Waals surface area contributed by atoms with E-state index in [-0.39, 0.29) is 12.7 Å². The summed E-state index contributed by atoms with van der Waals surface area (Å²) in [5, 5.41) is 0. The lowest BCUT2D eigenvalue weighted by molar-refractivity contribution is -0.171. The third-order valence-corrected chi connectivity index (χ3v) is 4.69. The highest BCUT2D eigenvalue weighted by Gasteiger charge is 2.28. The Kier molecular flexibility index (Phi) is 10.6. The number of methoxy groups -OCH3 is 1. The van der Waals surface area contributed by atoms with E-state index in [0.29, 0.717) is 18.6 Å². The van der Waals surface area contributed by atoms with Crippen LogP contribution in [-0.2, 0) is 28.5 Å². The summed E-state index contributed by atoms with van der Waals surface area (Å²) in [5.74, 6) is -0.979. The third kappa shape index (κ3) is 8.65. The highest BCUT2D eigenvalue weighted by Crippen LogP contribution is 2.29. The molecule has 0 unspecified atom stereocenters. The highest BCUT2D eigenvalue weighted by molar-refractivity contribution is 5.80. The van der Waals surface area contributed by atoms with Gasteiger partial charge in [-0.2, -0.15) is 0 Å². The van der Waals surface area contributed by atoms with Gasteiger partial charge in [-0.05, 0) is 18.4 Å². The second-order valence-electron chi connectivity index (χ2n) is 7.71. The van der Waals surface area contributed by atoms with E-state index in [4.69, 9.17) is 18.9 Å². The molecule has 0 amide bonds. The van der Waals surface area contributed by atoms with Gasteiger partial charge in [0, 0.05) is 26.0 Å². The van der Waals surface area contributed by atoms with Gasteiger partial charge in [-0.3, -0.25) is 4.79 Å². The first kappa shape index (κ1) is 25.3. The molecule has 2 aromatic rings. The van der Waals surface area contributed by atoms with Crippen LogP contribution in [0.5, 0.6) is 0 Å². The molecule has 0 aliphatic carbocycles. The number of esters is 2. The maximum Gasteiger partial charge on any atom is 0.352 e. The first-order chi connectivity index (χ1) is 15.4. The van der Waals surface area contributed by atoms with Crippen molar-refractivity contribution in [2.24, 2.45) is 5.92 Å². The van der Waals surface area contributed by atoms with Gasteiger partial charge in [0.2, 0.25) is 6.10 Å². The number of rotatable bonds is 12. The van der Waals surface area contributed by atoms with Gasteiger partial charge >= 0.3 is 11.9 Å². The molecule has 0 saturated carbocycles. The van der Waals surface area contributed by atoms with E-state index in [9.17, 15) is 9.59 Å². The molecule has 0 saturated heterocycles. The second-order valence-corrected chi connectivity index (χ2v) is 7.71. The third-order valence-electron chi connectivity index (χ3n) is 4.69. The summed E-state index contributed by atoms with van der Waals surface area (Å²) < 4.78 is 21.5. The normalized spacial score (nSPS) is 14.3. The van der Waals surface area contributed by atoms with E-state index in [0.717, 1.165) is 11.1 Å². The molecule has 0 N–H and O–H groups in total. The van der Waals surface area contributed by atoms with Crippen LogP contribution >= 0.6 is 0 Å². The molecule has 0 bridgehead atoms. The zero-order valence-corrected chi connectivity index (χ0v) is 19.2. The van der Waals surface area contributed by atoms with Crippen molar-refractivity contribution in [1.29, 1.82) is 0 Å². The average molecular weight is 441 g/mol. The van der Waals surface area contributed by atoms with Crippen LogP contribution in [0.15, 0.2) is 72.3 Å². The lowest BCUT2D eigenvalue weighted by Gasteiger charge is -2.23. The molecule has 0 aliphatic heterocycles. The first-order valence-electron chi connectivity index (χ1n) is 10.6. The SMILES string of the molecule is COCOC[C@H](C)/C=C(/C)C[C@H](OC(=O)[C@H](OC(C)=O)c1ccccc1)c1ccccc1. The number of benzene rings is 2. The molecule has 2 rings (SSSR count). The van der Waals surface area contributed by atoms with Crippen molar-refractivity contribution in [2.75, 3.05) is 20.5 Å². The number of carbonyl (C=O) groups is 2. The van der Waals surface area contributed by atoms with Gasteiger partial charge in [-0.1, -0.05) is 79.2 Å². The zero-order chi connectivity index (χ0) is 23.3. The largest absolute Gasteiger partial charge is 0.454 e. The molecule has 0 aliphatic rings. The minimum atomic E-state index is -1.12. The van der Waals surface area contributed by atoms with E-state index < -0.39 is 24.1 Å². The number of carbonyl (C=O) groups excluding carboxylic acids is 2. The Morgan fingerprint density at radius 3 is 2.06 bits per heavy atom. The number of hydrogen-bond donors (Lipinski definition) is 0. The fourth-order valence-electron chi connectivity index (χ4n) is 3.35. The standard InChI is InChI=1S/C26H32O6/c1-19(15-20(2)17-30-18-29-4)16-24(22-11-7-5-8-12-22)32-26(28)25(31-21(3)27)23-13-9-6-10-14-23/h5-15,20,24-25H,16-18H2,1-4H3/b19-15-/t20-,24+,25-/m1/s1. The summed E-state index contributed by atoms with van der Waals surface area (Å²) in [6.45, 7) is 6.10. The minimum Gasteiger partial charge on any atom is -0.454 e. The van der Waals surface area contributed by atoms with Crippen LogP contribution in [0.2, 0.25) is 0 Å². The van der Waals surface area contributed by atoms with Crippen LogP contribution in [0.25, 0.3) is 0 Å². The van der Waals surface area contributed by atoms with Crippen molar-refractivity contribution in [3.63, 3.8) is 0 Å². The van der Waals surface area contributed by atoms with Crippen LogP contribution in [0.3, 0.4) is 0 Å². The summed E-state index contributed by atoms with van der Waals surface area (Å²) in [4.78, 5) is 24.7. The Hall–Kier alpha value is -2.96. The van der Waals surface area contributed by atoms with Gasteiger partial charge in [0.25, 0.3) is 0 Å². The lowest BCUT2D eigenvalue weighted by atomic mass is 9.99. The van der Waals surface area contributed by atoms with Crippen molar-refractivity contribution in [1.82, 2.24) is 0 Å². The fraction of sp³-hybridized carbons (Fsp3) is 0.385. The molecular weight excluding hydrogens is 408 g/mol. The number of ether oxygens (including phenoxy) is 4. The number of hydrogen-bond acceptors (Lipinski definition) is 6. The van der Waals surface area contributed by atoms with Gasteiger partial charge in [-0.25, -0.2) is 4.79 Å². The Morgan fingerprint density at radius 1 is 0.906 bits per heavy atom.